The van der Waals surface area contributed by atoms with E-state index in [1.54, 1.807) is 11.3 Å². The van der Waals surface area contributed by atoms with Crippen LogP contribution >= 0.6 is 22.9 Å². The first-order chi connectivity index (χ1) is 8.18. The predicted molar refractivity (Wildman–Crippen MR) is 75.2 cm³/mol. The molecule has 0 radical (unpaired) electrons. The molecule has 2 rings (SSSR count). The number of benzene rings is 1. The number of nitrogens with one attached hydrogen (secondary N) is 1. The Bertz CT molecular complexity index is 483. The van der Waals surface area contributed by atoms with Crippen LogP contribution in [-0.2, 0) is 6.54 Å². The third kappa shape index (κ3) is 2.90. The van der Waals surface area contributed by atoms with Crippen LogP contribution in [0.25, 0.3) is 0 Å². The summed E-state index contributed by atoms with van der Waals surface area (Å²) in [5.41, 5.74) is 4.90. The predicted octanol–water partition coefficient (Wildman–Crippen LogP) is 3.47. The first kappa shape index (κ1) is 12.2. The Morgan fingerprint density at radius 1 is 1.41 bits per heavy atom. The summed E-state index contributed by atoms with van der Waals surface area (Å²) in [4.78, 5) is 6.24. The van der Waals surface area contributed by atoms with E-state index in [4.69, 9.17) is 11.6 Å². The Labute approximate surface area is 110 Å². The van der Waals surface area contributed by atoms with Crippen molar-refractivity contribution in [2.75, 3.05) is 24.3 Å². The van der Waals surface area contributed by atoms with Gasteiger partial charge in [0.25, 0.3) is 0 Å². The summed E-state index contributed by atoms with van der Waals surface area (Å²) < 4.78 is 0. The standard InChI is InChI=1S/C12H14ClN3S/c1-16(2)12-10(13)4-3-5-11(12)14-6-9-7-17-8-15-9/h3-5,7-8,14H,6H2,1-2H3. The van der Waals surface area contributed by atoms with Crippen LogP contribution in [-0.4, -0.2) is 19.1 Å². The highest BCUT2D eigenvalue weighted by Gasteiger charge is 2.08. The van der Waals surface area contributed by atoms with Crippen molar-refractivity contribution >= 4 is 34.3 Å². The zero-order chi connectivity index (χ0) is 12.3. The number of halogens is 1. The molecule has 17 heavy (non-hydrogen) atoms. The lowest BCUT2D eigenvalue weighted by atomic mass is 10.2. The second-order valence-electron chi connectivity index (χ2n) is 3.86. The minimum atomic E-state index is 0.713. The Hall–Kier alpha value is -1.26. The number of anilines is 2. The molecule has 90 valence electrons. The van der Waals surface area contributed by atoms with Crippen LogP contribution in [0.3, 0.4) is 0 Å². The van der Waals surface area contributed by atoms with Crippen LogP contribution in [0.5, 0.6) is 0 Å². The molecule has 0 saturated heterocycles. The summed E-state index contributed by atoms with van der Waals surface area (Å²) in [5.74, 6) is 0. The van der Waals surface area contributed by atoms with Gasteiger partial charge in [0.2, 0.25) is 0 Å². The summed E-state index contributed by atoms with van der Waals surface area (Å²) >= 11 is 7.79. The zero-order valence-corrected chi connectivity index (χ0v) is 11.3. The third-order valence-corrected chi connectivity index (χ3v) is 3.32. The molecular formula is C12H14ClN3S. The molecule has 0 aliphatic rings. The summed E-state index contributed by atoms with van der Waals surface area (Å²) in [7, 11) is 3.96. The van der Waals surface area contributed by atoms with Crippen molar-refractivity contribution in [2.24, 2.45) is 0 Å². The fourth-order valence-corrected chi connectivity index (χ4v) is 2.53. The molecule has 2 aromatic rings. The topological polar surface area (TPSA) is 28.2 Å². The van der Waals surface area contributed by atoms with Crippen LogP contribution in [0.15, 0.2) is 29.1 Å². The van der Waals surface area contributed by atoms with Gasteiger partial charge in [-0.3, -0.25) is 0 Å². The largest absolute Gasteiger partial charge is 0.378 e. The van der Waals surface area contributed by atoms with E-state index in [-0.39, 0.29) is 0 Å². The highest BCUT2D eigenvalue weighted by Crippen LogP contribution is 2.32. The smallest absolute Gasteiger partial charge is 0.0795 e. The van der Waals surface area contributed by atoms with Crippen molar-refractivity contribution in [2.45, 2.75) is 6.54 Å². The second-order valence-corrected chi connectivity index (χ2v) is 4.99. The molecule has 0 fully saturated rings. The van der Waals surface area contributed by atoms with Crippen LogP contribution in [0, 0.1) is 0 Å². The highest BCUT2D eigenvalue weighted by molar-refractivity contribution is 7.07. The quantitative estimate of drug-likeness (QED) is 0.919. The van der Waals surface area contributed by atoms with Gasteiger partial charge in [0, 0.05) is 19.5 Å². The molecule has 0 unspecified atom stereocenters. The minimum absolute atomic E-state index is 0.713. The molecule has 0 amide bonds. The van der Waals surface area contributed by atoms with Crippen molar-refractivity contribution in [3.8, 4) is 0 Å². The molecule has 0 bridgehead atoms. The van der Waals surface area contributed by atoms with Gasteiger partial charge >= 0.3 is 0 Å². The molecule has 0 aliphatic heterocycles. The Morgan fingerprint density at radius 3 is 2.88 bits per heavy atom. The number of nitrogens with zero attached hydrogens (tertiary/aromatic N) is 2. The molecule has 1 heterocycles. The summed E-state index contributed by atoms with van der Waals surface area (Å²) in [6.07, 6.45) is 0. The minimum Gasteiger partial charge on any atom is -0.378 e. The van der Waals surface area contributed by atoms with Crippen LogP contribution in [0.2, 0.25) is 5.02 Å². The van der Waals surface area contributed by atoms with E-state index in [2.05, 4.69) is 10.3 Å². The number of rotatable bonds is 4. The normalized spacial score (nSPS) is 10.3. The van der Waals surface area contributed by atoms with E-state index < -0.39 is 0 Å². The third-order valence-electron chi connectivity index (χ3n) is 2.38. The lowest BCUT2D eigenvalue weighted by Gasteiger charge is -2.19. The first-order valence-corrected chi connectivity index (χ1v) is 6.57. The van der Waals surface area contributed by atoms with Gasteiger partial charge in [-0.05, 0) is 12.1 Å². The van der Waals surface area contributed by atoms with Crippen molar-refractivity contribution in [1.82, 2.24) is 4.98 Å². The lowest BCUT2D eigenvalue weighted by molar-refractivity contribution is 1.06. The lowest BCUT2D eigenvalue weighted by Crippen LogP contribution is -2.12. The Morgan fingerprint density at radius 2 is 2.24 bits per heavy atom. The molecule has 1 aromatic carbocycles. The molecule has 1 N–H and O–H groups in total. The number of para-hydroxylation sites is 1. The van der Waals surface area contributed by atoms with E-state index in [1.165, 1.54) is 0 Å². The van der Waals surface area contributed by atoms with E-state index >= 15 is 0 Å². The van der Waals surface area contributed by atoms with Crippen molar-refractivity contribution < 1.29 is 0 Å². The van der Waals surface area contributed by atoms with E-state index in [9.17, 15) is 0 Å². The number of hydrogen-bond acceptors (Lipinski definition) is 4. The maximum atomic E-state index is 6.19. The molecule has 5 heteroatoms. The van der Waals surface area contributed by atoms with E-state index in [0.29, 0.717) is 6.54 Å². The van der Waals surface area contributed by atoms with Gasteiger partial charge in [0.1, 0.15) is 0 Å². The van der Waals surface area contributed by atoms with Crippen molar-refractivity contribution in [1.29, 1.82) is 0 Å². The summed E-state index contributed by atoms with van der Waals surface area (Å²) in [6.45, 7) is 0.713. The summed E-state index contributed by atoms with van der Waals surface area (Å²) in [6, 6.07) is 5.86. The van der Waals surface area contributed by atoms with Gasteiger partial charge in [0.15, 0.2) is 0 Å². The number of hydrogen-bond donors (Lipinski definition) is 1. The van der Waals surface area contributed by atoms with E-state index in [0.717, 1.165) is 22.1 Å². The average molecular weight is 268 g/mol. The van der Waals surface area contributed by atoms with Gasteiger partial charge in [-0.1, -0.05) is 17.7 Å². The maximum Gasteiger partial charge on any atom is 0.0795 e. The molecular weight excluding hydrogens is 254 g/mol. The van der Waals surface area contributed by atoms with Gasteiger partial charge < -0.3 is 10.2 Å². The first-order valence-electron chi connectivity index (χ1n) is 5.25. The zero-order valence-electron chi connectivity index (χ0n) is 9.77. The number of aromatic nitrogens is 1. The summed E-state index contributed by atoms with van der Waals surface area (Å²) in [5, 5.41) is 6.14. The molecule has 0 saturated carbocycles. The monoisotopic (exact) mass is 267 g/mol. The Kier molecular flexibility index (Phi) is 3.86. The fourth-order valence-electron chi connectivity index (χ4n) is 1.62. The highest BCUT2D eigenvalue weighted by atomic mass is 35.5. The van der Waals surface area contributed by atoms with Gasteiger partial charge in [-0.25, -0.2) is 4.98 Å². The van der Waals surface area contributed by atoms with Gasteiger partial charge in [-0.15, -0.1) is 11.3 Å². The second kappa shape index (κ2) is 5.38. The molecule has 3 nitrogen and oxygen atoms in total. The number of thiazole rings is 1. The van der Waals surface area contributed by atoms with Crippen LogP contribution in [0.1, 0.15) is 5.69 Å². The molecule has 0 spiro atoms. The van der Waals surface area contributed by atoms with E-state index in [1.807, 2.05) is 48.1 Å². The van der Waals surface area contributed by atoms with Crippen molar-refractivity contribution in [3.63, 3.8) is 0 Å². The molecule has 1 aromatic heterocycles. The van der Waals surface area contributed by atoms with Crippen LogP contribution in [0.4, 0.5) is 11.4 Å². The van der Waals surface area contributed by atoms with Crippen molar-refractivity contribution in [3.05, 3.63) is 39.8 Å². The molecule has 0 aliphatic carbocycles. The molecule has 0 atom stereocenters. The SMILES string of the molecule is CN(C)c1c(Cl)cccc1NCc1cscn1. The average Bonchev–Trinajstić information content (AvgIpc) is 2.78. The maximum absolute atomic E-state index is 6.19. The van der Waals surface area contributed by atoms with Gasteiger partial charge in [-0.2, -0.15) is 0 Å². The van der Waals surface area contributed by atoms with Crippen LogP contribution < -0.4 is 10.2 Å². The Balaban J connectivity index is 2.18. The van der Waals surface area contributed by atoms with Gasteiger partial charge in [0.05, 0.1) is 34.1 Å². The fraction of sp³-hybridized carbons (Fsp3) is 0.250.